The quantitative estimate of drug-likeness (QED) is 0.730. The third-order valence-electron chi connectivity index (χ3n) is 5.11. The molecule has 1 aliphatic rings. The molecule has 0 amide bonds. The fourth-order valence-corrected chi connectivity index (χ4v) is 3.55. The van der Waals surface area contributed by atoms with Crippen LogP contribution in [0.2, 0.25) is 0 Å². The Morgan fingerprint density at radius 3 is 2.58 bits per heavy atom. The van der Waals surface area contributed by atoms with E-state index in [0.29, 0.717) is 12.4 Å². The van der Waals surface area contributed by atoms with Gasteiger partial charge >= 0.3 is 0 Å². The maximum absolute atomic E-state index is 7.36. The molecule has 0 radical (unpaired) electrons. The summed E-state index contributed by atoms with van der Waals surface area (Å²) in [6.07, 6.45) is 5.01. The first-order chi connectivity index (χ1) is 12.8. The lowest BCUT2D eigenvalue weighted by molar-refractivity contribution is 0.154. The van der Waals surface area contributed by atoms with Crippen LogP contribution in [0.4, 0.5) is 0 Å². The van der Waals surface area contributed by atoms with Crippen LogP contribution < -0.4 is 9.47 Å². The van der Waals surface area contributed by atoms with Crippen molar-refractivity contribution < 1.29 is 9.47 Å². The third-order valence-corrected chi connectivity index (χ3v) is 5.11. The summed E-state index contributed by atoms with van der Waals surface area (Å²) in [7, 11) is 1.62. The average Bonchev–Trinajstić information content (AvgIpc) is 2.70. The molecule has 0 aromatic heterocycles. The zero-order valence-electron chi connectivity index (χ0n) is 15.5. The molecule has 3 rings (SSSR count). The highest BCUT2D eigenvalue weighted by molar-refractivity contribution is 5.81. The van der Waals surface area contributed by atoms with E-state index in [4.69, 9.17) is 14.9 Å². The van der Waals surface area contributed by atoms with Crippen molar-refractivity contribution in [2.24, 2.45) is 5.92 Å². The summed E-state index contributed by atoms with van der Waals surface area (Å²) in [6, 6.07) is 16.4. The number of hydrogen-bond acceptors (Lipinski definition) is 4. The Balaban J connectivity index is 1.39. The van der Waals surface area contributed by atoms with E-state index in [1.54, 1.807) is 7.11 Å². The number of nitrogens with zero attached hydrogens (tertiary/aromatic N) is 1. The number of methoxy groups -OCH3 is 1. The topological polar surface area (TPSA) is 45.6 Å². The Bertz CT molecular complexity index is 695. The summed E-state index contributed by atoms with van der Waals surface area (Å²) in [5.41, 5.74) is 2.22. The molecule has 0 aliphatic carbocycles. The molecule has 1 heterocycles. The molecular weight excluding hydrogens is 324 g/mol. The number of nitrogens with one attached hydrogen (secondary N) is 1. The van der Waals surface area contributed by atoms with Gasteiger partial charge in [0.05, 0.1) is 7.11 Å². The van der Waals surface area contributed by atoms with Gasteiger partial charge < -0.3 is 14.9 Å². The summed E-state index contributed by atoms with van der Waals surface area (Å²) < 4.78 is 11.2. The van der Waals surface area contributed by atoms with Crippen LogP contribution in [0.15, 0.2) is 48.5 Å². The fourth-order valence-electron chi connectivity index (χ4n) is 3.55. The maximum Gasteiger partial charge on any atom is 0.131 e. The van der Waals surface area contributed by atoms with Crippen molar-refractivity contribution >= 4 is 6.21 Å². The summed E-state index contributed by atoms with van der Waals surface area (Å²) >= 11 is 0. The Kier molecular flexibility index (Phi) is 6.67. The van der Waals surface area contributed by atoms with Crippen LogP contribution in [-0.4, -0.2) is 44.5 Å². The normalized spacial score (nSPS) is 15.6. The Morgan fingerprint density at radius 1 is 1.12 bits per heavy atom. The lowest BCUT2D eigenvalue weighted by Gasteiger charge is -2.31. The fraction of sp³-hybridized carbons (Fsp3) is 0.409. The van der Waals surface area contributed by atoms with Crippen molar-refractivity contribution in [2.75, 3.05) is 33.4 Å². The van der Waals surface area contributed by atoms with Gasteiger partial charge in [-0.05, 0) is 56.0 Å². The zero-order chi connectivity index (χ0) is 18.2. The van der Waals surface area contributed by atoms with Crippen molar-refractivity contribution in [3.8, 4) is 11.5 Å². The van der Waals surface area contributed by atoms with Crippen LogP contribution in [0.25, 0.3) is 0 Å². The van der Waals surface area contributed by atoms with Crippen LogP contribution in [-0.2, 0) is 6.42 Å². The van der Waals surface area contributed by atoms with Gasteiger partial charge in [-0.1, -0.05) is 30.3 Å². The minimum atomic E-state index is 0.677. The van der Waals surface area contributed by atoms with Gasteiger partial charge in [-0.3, -0.25) is 4.90 Å². The number of hydrogen-bond donors (Lipinski definition) is 1. The summed E-state index contributed by atoms with van der Waals surface area (Å²) in [4.78, 5) is 2.49. The monoisotopic (exact) mass is 352 g/mol. The molecule has 0 bridgehead atoms. The van der Waals surface area contributed by atoms with Crippen molar-refractivity contribution in [1.29, 1.82) is 5.41 Å². The highest BCUT2D eigenvalue weighted by Gasteiger charge is 2.19. The summed E-state index contributed by atoms with van der Waals surface area (Å²) in [6.45, 7) is 3.93. The highest BCUT2D eigenvalue weighted by Crippen LogP contribution is 2.24. The highest BCUT2D eigenvalue weighted by atomic mass is 16.5. The molecule has 0 unspecified atom stereocenters. The van der Waals surface area contributed by atoms with Crippen LogP contribution in [0.5, 0.6) is 11.5 Å². The SMILES string of the molecule is COc1cc(OCCN2CCC(Cc3ccccc3)CC2)ccc1C=N. The van der Waals surface area contributed by atoms with E-state index in [9.17, 15) is 0 Å². The van der Waals surface area contributed by atoms with E-state index < -0.39 is 0 Å². The summed E-state index contributed by atoms with van der Waals surface area (Å²) in [5, 5.41) is 7.36. The van der Waals surface area contributed by atoms with Crippen LogP contribution in [0, 0.1) is 11.3 Å². The van der Waals surface area contributed by atoms with E-state index >= 15 is 0 Å². The molecule has 0 saturated carbocycles. The van der Waals surface area contributed by atoms with Crippen molar-refractivity contribution in [3.05, 3.63) is 59.7 Å². The lowest BCUT2D eigenvalue weighted by Crippen LogP contribution is -2.37. The number of likely N-dealkylation sites (tertiary alicyclic amines) is 1. The molecule has 4 heteroatoms. The Hall–Kier alpha value is -2.33. The Morgan fingerprint density at radius 2 is 1.88 bits per heavy atom. The van der Waals surface area contributed by atoms with Gasteiger partial charge in [0.2, 0.25) is 0 Å². The lowest BCUT2D eigenvalue weighted by atomic mass is 9.90. The van der Waals surface area contributed by atoms with Crippen molar-refractivity contribution in [1.82, 2.24) is 4.90 Å². The second kappa shape index (κ2) is 9.39. The zero-order valence-corrected chi connectivity index (χ0v) is 15.5. The first-order valence-corrected chi connectivity index (χ1v) is 9.36. The molecule has 1 aliphatic heterocycles. The van der Waals surface area contributed by atoms with Crippen molar-refractivity contribution in [3.63, 3.8) is 0 Å². The Labute approximate surface area is 156 Å². The van der Waals surface area contributed by atoms with Gasteiger partial charge in [0.25, 0.3) is 0 Å². The smallest absolute Gasteiger partial charge is 0.131 e. The average molecular weight is 352 g/mol. The molecule has 2 aromatic rings. The molecule has 138 valence electrons. The second-order valence-corrected chi connectivity index (χ2v) is 6.87. The van der Waals surface area contributed by atoms with E-state index in [1.807, 2.05) is 18.2 Å². The standard InChI is InChI=1S/C22H28N2O2/c1-25-22-16-21(8-7-20(22)17-23)26-14-13-24-11-9-19(10-12-24)15-18-5-3-2-4-6-18/h2-8,16-17,19,23H,9-15H2,1H3. The predicted molar refractivity (Wildman–Crippen MR) is 106 cm³/mol. The van der Waals surface area contributed by atoms with E-state index in [1.165, 1.54) is 31.0 Å². The van der Waals surface area contributed by atoms with Crippen LogP contribution in [0.3, 0.4) is 0 Å². The van der Waals surface area contributed by atoms with Crippen LogP contribution >= 0.6 is 0 Å². The van der Waals surface area contributed by atoms with Gasteiger partial charge in [0.1, 0.15) is 18.1 Å². The predicted octanol–water partition coefficient (Wildman–Crippen LogP) is 4.03. The molecule has 2 aromatic carbocycles. The second-order valence-electron chi connectivity index (χ2n) is 6.87. The summed E-state index contributed by atoms with van der Waals surface area (Å²) in [5.74, 6) is 2.28. The minimum Gasteiger partial charge on any atom is -0.496 e. The first kappa shape index (κ1) is 18.5. The number of ether oxygens (including phenoxy) is 2. The van der Waals surface area contributed by atoms with Gasteiger partial charge in [0.15, 0.2) is 0 Å². The molecule has 0 spiro atoms. The largest absolute Gasteiger partial charge is 0.496 e. The number of piperidine rings is 1. The van der Waals surface area contributed by atoms with Crippen LogP contribution in [0.1, 0.15) is 24.0 Å². The van der Waals surface area contributed by atoms with E-state index in [0.717, 1.165) is 36.9 Å². The maximum atomic E-state index is 7.36. The van der Waals surface area contributed by atoms with Gasteiger partial charge in [-0.15, -0.1) is 0 Å². The molecule has 0 atom stereocenters. The molecule has 4 nitrogen and oxygen atoms in total. The molecule has 1 saturated heterocycles. The van der Waals surface area contributed by atoms with E-state index in [-0.39, 0.29) is 0 Å². The first-order valence-electron chi connectivity index (χ1n) is 9.36. The number of rotatable bonds is 8. The molecule has 26 heavy (non-hydrogen) atoms. The number of benzene rings is 2. The molecular formula is C22H28N2O2. The van der Waals surface area contributed by atoms with Gasteiger partial charge in [0, 0.05) is 24.4 Å². The molecule has 1 fully saturated rings. The molecule has 1 N–H and O–H groups in total. The van der Waals surface area contributed by atoms with E-state index in [2.05, 4.69) is 35.2 Å². The van der Waals surface area contributed by atoms with Gasteiger partial charge in [-0.25, -0.2) is 0 Å². The van der Waals surface area contributed by atoms with Crippen molar-refractivity contribution in [2.45, 2.75) is 19.3 Å². The third kappa shape index (κ3) is 5.09. The minimum absolute atomic E-state index is 0.677. The van der Waals surface area contributed by atoms with Gasteiger partial charge in [-0.2, -0.15) is 0 Å².